The van der Waals surface area contributed by atoms with Crippen LogP contribution in [0.5, 0.6) is 5.75 Å². The Kier molecular flexibility index (Phi) is 6.30. The van der Waals surface area contributed by atoms with Gasteiger partial charge in [0.1, 0.15) is 12.4 Å². The van der Waals surface area contributed by atoms with E-state index in [4.69, 9.17) is 4.74 Å². The van der Waals surface area contributed by atoms with Crippen LogP contribution in [-0.2, 0) is 4.79 Å². The molecule has 0 aromatic heterocycles. The zero-order chi connectivity index (χ0) is 16.6. The highest BCUT2D eigenvalue weighted by molar-refractivity contribution is 5.76. The molecule has 1 amide bonds. The van der Waals surface area contributed by atoms with E-state index >= 15 is 0 Å². The number of allylic oxidation sites excluding steroid dienone is 2. The van der Waals surface area contributed by atoms with Gasteiger partial charge in [0.15, 0.2) is 0 Å². The normalized spacial score (nSPS) is 22.4. The van der Waals surface area contributed by atoms with Crippen molar-refractivity contribution in [2.24, 2.45) is 5.92 Å². The fraction of sp³-hybridized carbons (Fsp3) is 0.550. The molecule has 4 heteroatoms. The summed E-state index contributed by atoms with van der Waals surface area (Å²) in [4.78, 5) is 16.8. The summed E-state index contributed by atoms with van der Waals surface area (Å²) >= 11 is 0. The van der Waals surface area contributed by atoms with Crippen molar-refractivity contribution in [3.8, 4) is 5.75 Å². The molecule has 1 aromatic rings. The van der Waals surface area contributed by atoms with Crippen LogP contribution in [0.25, 0.3) is 0 Å². The highest BCUT2D eigenvalue weighted by Gasteiger charge is 2.22. The monoisotopic (exact) mass is 328 g/mol. The van der Waals surface area contributed by atoms with Crippen LogP contribution < -0.4 is 4.74 Å². The fourth-order valence-electron chi connectivity index (χ4n) is 3.51. The fourth-order valence-corrected chi connectivity index (χ4v) is 3.51. The molecule has 1 aromatic carbocycles. The Bertz CT molecular complexity index is 544. The lowest BCUT2D eigenvalue weighted by atomic mass is 9.94. The molecule has 130 valence electrons. The molecule has 0 saturated carbocycles. The summed E-state index contributed by atoms with van der Waals surface area (Å²) in [6, 6.07) is 9.80. The Morgan fingerprint density at radius 1 is 1.08 bits per heavy atom. The highest BCUT2D eigenvalue weighted by atomic mass is 16.5. The van der Waals surface area contributed by atoms with Crippen LogP contribution in [0.2, 0.25) is 0 Å². The molecule has 1 fully saturated rings. The van der Waals surface area contributed by atoms with E-state index < -0.39 is 0 Å². The summed E-state index contributed by atoms with van der Waals surface area (Å²) in [5.41, 5.74) is 0. The second-order valence-electron chi connectivity index (χ2n) is 6.74. The minimum absolute atomic E-state index is 0.262. The number of carbonyl (C=O) groups excluding carboxylic acids is 1. The first kappa shape index (κ1) is 17.0. The van der Waals surface area contributed by atoms with Gasteiger partial charge in [-0.1, -0.05) is 30.4 Å². The quantitative estimate of drug-likeness (QED) is 0.753. The maximum Gasteiger partial charge on any atom is 0.224 e. The lowest BCUT2D eigenvalue weighted by molar-refractivity contribution is -0.130. The zero-order valence-corrected chi connectivity index (χ0v) is 14.4. The number of benzene rings is 1. The molecule has 0 radical (unpaired) electrons. The Balaban J connectivity index is 1.42. The first-order chi connectivity index (χ1) is 11.8. The van der Waals surface area contributed by atoms with Crippen LogP contribution in [0.4, 0.5) is 0 Å². The Morgan fingerprint density at radius 3 is 2.75 bits per heavy atom. The third-order valence-electron chi connectivity index (χ3n) is 4.95. The van der Waals surface area contributed by atoms with Crippen molar-refractivity contribution >= 4 is 5.91 Å². The van der Waals surface area contributed by atoms with Crippen molar-refractivity contribution < 1.29 is 9.53 Å². The van der Waals surface area contributed by atoms with E-state index in [1.165, 1.54) is 19.3 Å². The number of ether oxygens (including phenoxy) is 1. The topological polar surface area (TPSA) is 32.8 Å². The first-order valence-electron chi connectivity index (χ1n) is 9.14. The second-order valence-corrected chi connectivity index (χ2v) is 6.74. The number of para-hydroxylation sites is 1. The molecule has 24 heavy (non-hydrogen) atoms. The van der Waals surface area contributed by atoms with E-state index in [-0.39, 0.29) is 5.91 Å². The van der Waals surface area contributed by atoms with E-state index in [0.29, 0.717) is 19.6 Å². The number of hydrogen-bond acceptors (Lipinski definition) is 3. The molecule has 1 saturated heterocycles. The van der Waals surface area contributed by atoms with Crippen molar-refractivity contribution in [2.45, 2.75) is 25.7 Å². The Hall–Kier alpha value is -1.81. The molecule has 4 nitrogen and oxygen atoms in total. The first-order valence-corrected chi connectivity index (χ1v) is 9.14. The van der Waals surface area contributed by atoms with Gasteiger partial charge in [0.2, 0.25) is 5.91 Å². The number of nitrogens with zero attached hydrogens (tertiary/aromatic N) is 2. The van der Waals surface area contributed by atoms with Gasteiger partial charge in [-0.2, -0.15) is 0 Å². The maximum absolute atomic E-state index is 12.3. The maximum atomic E-state index is 12.3. The average molecular weight is 328 g/mol. The molecule has 2 aliphatic rings. The van der Waals surface area contributed by atoms with E-state index in [9.17, 15) is 4.79 Å². The SMILES string of the molecule is O=C1CCN(C[C@H]2CC=CCC2)CCN1CCOc1ccccc1. The van der Waals surface area contributed by atoms with Gasteiger partial charge in [-0.25, -0.2) is 0 Å². The van der Waals surface area contributed by atoms with Crippen molar-refractivity contribution in [1.29, 1.82) is 0 Å². The summed E-state index contributed by atoms with van der Waals surface area (Å²) in [5.74, 6) is 1.89. The molecule has 3 rings (SSSR count). The van der Waals surface area contributed by atoms with Gasteiger partial charge < -0.3 is 14.5 Å². The third-order valence-corrected chi connectivity index (χ3v) is 4.95. The molecule has 0 unspecified atom stereocenters. The predicted molar refractivity (Wildman–Crippen MR) is 96.1 cm³/mol. The molecule has 1 heterocycles. The van der Waals surface area contributed by atoms with Gasteiger partial charge in [-0.05, 0) is 37.3 Å². The third kappa shape index (κ3) is 5.10. The van der Waals surface area contributed by atoms with E-state index in [1.54, 1.807) is 0 Å². The van der Waals surface area contributed by atoms with Gasteiger partial charge >= 0.3 is 0 Å². The van der Waals surface area contributed by atoms with E-state index in [1.807, 2.05) is 35.2 Å². The molecular weight excluding hydrogens is 300 g/mol. The van der Waals surface area contributed by atoms with E-state index in [2.05, 4.69) is 17.1 Å². The van der Waals surface area contributed by atoms with Gasteiger partial charge in [-0.3, -0.25) is 4.79 Å². The van der Waals surface area contributed by atoms with Gasteiger partial charge in [0, 0.05) is 32.6 Å². The van der Waals surface area contributed by atoms with Crippen LogP contribution in [0, 0.1) is 5.92 Å². The van der Waals surface area contributed by atoms with Gasteiger partial charge in [0.25, 0.3) is 0 Å². The summed E-state index contributed by atoms with van der Waals surface area (Å²) in [5, 5.41) is 0. The van der Waals surface area contributed by atoms with Crippen LogP contribution >= 0.6 is 0 Å². The number of amides is 1. The summed E-state index contributed by atoms with van der Waals surface area (Å²) in [7, 11) is 0. The molecule has 1 atom stereocenters. The molecule has 1 aliphatic heterocycles. The highest BCUT2D eigenvalue weighted by Crippen LogP contribution is 2.20. The molecule has 0 N–H and O–H groups in total. The second kappa shape index (κ2) is 8.88. The lowest BCUT2D eigenvalue weighted by Crippen LogP contribution is -2.37. The number of rotatable bonds is 6. The lowest BCUT2D eigenvalue weighted by Gasteiger charge is -2.27. The summed E-state index contributed by atoms with van der Waals surface area (Å²) < 4.78 is 5.73. The van der Waals surface area contributed by atoms with Crippen LogP contribution in [0.3, 0.4) is 0 Å². The average Bonchev–Trinajstić information content (AvgIpc) is 2.79. The number of carbonyl (C=O) groups is 1. The van der Waals surface area contributed by atoms with Gasteiger partial charge in [-0.15, -0.1) is 0 Å². The largest absolute Gasteiger partial charge is 0.492 e. The summed E-state index contributed by atoms with van der Waals surface area (Å²) in [6.07, 6.45) is 8.92. The zero-order valence-electron chi connectivity index (χ0n) is 14.4. The molecule has 0 spiro atoms. The van der Waals surface area contributed by atoms with Gasteiger partial charge in [0.05, 0.1) is 6.54 Å². The van der Waals surface area contributed by atoms with Crippen LogP contribution in [0.1, 0.15) is 25.7 Å². The van der Waals surface area contributed by atoms with Crippen molar-refractivity contribution in [3.63, 3.8) is 0 Å². The van der Waals surface area contributed by atoms with Crippen LogP contribution in [-0.4, -0.2) is 55.0 Å². The molecule has 0 bridgehead atoms. The van der Waals surface area contributed by atoms with Crippen molar-refractivity contribution in [3.05, 3.63) is 42.5 Å². The van der Waals surface area contributed by atoms with Crippen molar-refractivity contribution in [2.75, 3.05) is 39.3 Å². The Morgan fingerprint density at radius 2 is 1.96 bits per heavy atom. The molecule has 1 aliphatic carbocycles. The number of hydrogen-bond donors (Lipinski definition) is 0. The predicted octanol–water partition coefficient (Wildman–Crippen LogP) is 2.96. The summed E-state index contributed by atoms with van der Waals surface area (Å²) in [6.45, 7) is 5.06. The smallest absolute Gasteiger partial charge is 0.224 e. The minimum Gasteiger partial charge on any atom is -0.492 e. The standard InChI is InChI=1S/C20H28N2O2/c23-20-11-12-21(17-18-7-3-1-4-8-18)13-14-22(20)15-16-24-19-9-5-2-6-10-19/h1-3,5-6,9-10,18H,4,7-8,11-17H2/t18-/m0/s1. The van der Waals surface area contributed by atoms with Crippen LogP contribution in [0.15, 0.2) is 42.5 Å². The van der Waals surface area contributed by atoms with E-state index in [0.717, 1.165) is 37.8 Å². The van der Waals surface area contributed by atoms with Crippen molar-refractivity contribution in [1.82, 2.24) is 9.80 Å². The minimum atomic E-state index is 0.262. The molecular formula is C20H28N2O2. The Labute approximate surface area is 145 Å².